The zero-order chi connectivity index (χ0) is 4.41. The van der Waals surface area contributed by atoms with Gasteiger partial charge in [-0.2, -0.15) is 0 Å². The summed E-state index contributed by atoms with van der Waals surface area (Å²) in [6.07, 6.45) is 4.06. The summed E-state index contributed by atoms with van der Waals surface area (Å²) in [4.78, 5) is 0. The van der Waals surface area contributed by atoms with E-state index >= 15 is 0 Å². The van der Waals surface area contributed by atoms with Crippen LogP contribution in [0, 0.1) is 12.3 Å². The molecule has 0 spiro atoms. The van der Waals surface area contributed by atoms with E-state index in [0.29, 0.717) is 5.92 Å². The monoisotopic (exact) mass is 87.1 g/mol. The Morgan fingerprint density at radius 1 is 1.83 bits per heavy atom. The summed E-state index contributed by atoms with van der Waals surface area (Å²) < 4.78 is 11.3. The first-order valence-corrected chi connectivity index (χ1v) is 2.33. The molecule has 1 heteroatoms. The topological polar surface area (TPSA) is 0 Å². The van der Waals surface area contributed by atoms with Gasteiger partial charge in [-0.05, 0) is 25.2 Å². The first-order chi connectivity index (χ1) is 2.93. The molecule has 0 bridgehead atoms. The average molecular weight is 87.1 g/mol. The van der Waals surface area contributed by atoms with Gasteiger partial charge in [0.15, 0.2) is 0 Å². The molecular weight excluding hydrogens is 79.1 g/mol. The predicted octanol–water partition coefficient (Wildman–Crippen LogP) is 1.57. The molecule has 0 heterocycles. The summed E-state index contributed by atoms with van der Waals surface area (Å²) in [7, 11) is 0. The first kappa shape index (κ1) is 4.10. The molecule has 1 saturated carbocycles. The highest BCUT2D eigenvalue weighted by molar-refractivity contribution is 4.93. The maximum absolute atomic E-state index is 11.3. The molecule has 1 aliphatic rings. The van der Waals surface area contributed by atoms with E-state index in [-0.39, 0.29) is 6.67 Å². The normalized spacial score (nSPS) is 21.5. The summed E-state index contributed by atoms with van der Waals surface area (Å²) in [5, 5.41) is 0. The predicted molar refractivity (Wildman–Crippen MR) is 23.0 cm³/mol. The summed E-state index contributed by atoms with van der Waals surface area (Å²) in [5.41, 5.74) is 0. The van der Waals surface area contributed by atoms with Crippen molar-refractivity contribution in [3.05, 3.63) is 6.42 Å². The molecule has 0 aliphatic heterocycles. The van der Waals surface area contributed by atoms with Crippen molar-refractivity contribution in [2.75, 3.05) is 6.67 Å². The van der Waals surface area contributed by atoms with Crippen molar-refractivity contribution < 1.29 is 4.39 Å². The fraction of sp³-hybridized carbons (Fsp3) is 0.800. The molecule has 1 fully saturated rings. The maximum Gasteiger partial charge on any atom is 0.0897 e. The fourth-order valence-corrected chi connectivity index (χ4v) is 0.472. The van der Waals surface area contributed by atoms with Crippen molar-refractivity contribution in [2.24, 2.45) is 5.92 Å². The number of halogens is 1. The van der Waals surface area contributed by atoms with E-state index < -0.39 is 0 Å². The molecule has 0 aromatic carbocycles. The highest BCUT2D eigenvalue weighted by Crippen LogP contribution is 2.30. The Morgan fingerprint density at radius 3 is 2.67 bits per heavy atom. The minimum absolute atomic E-state index is 0.138. The van der Waals surface area contributed by atoms with Crippen LogP contribution in [-0.4, -0.2) is 6.67 Å². The van der Waals surface area contributed by atoms with Gasteiger partial charge in [-0.1, -0.05) is 0 Å². The van der Waals surface area contributed by atoms with Gasteiger partial charge in [-0.25, -0.2) is 0 Å². The van der Waals surface area contributed by atoms with Crippen LogP contribution in [0.4, 0.5) is 4.39 Å². The van der Waals surface area contributed by atoms with Crippen molar-refractivity contribution in [2.45, 2.75) is 12.8 Å². The highest BCUT2D eigenvalue weighted by Gasteiger charge is 2.20. The van der Waals surface area contributed by atoms with Gasteiger partial charge in [-0.3, -0.25) is 4.39 Å². The second-order valence-electron chi connectivity index (χ2n) is 1.71. The van der Waals surface area contributed by atoms with Gasteiger partial charge in [0, 0.05) is 0 Å². The minimum Gasteiger partial charge on any atom is -0.251 e. The van der Waals surface area contributed by atoms with E-state index in [1.807, 2.05) is 0 Å². The molecule has 0 amide bonds. The van der Waals surface area contributed by atoms with Gasteiger partial charge in [0.1, 0.15) is 0 Å². The van der Waals surface area contributed by atoms with Crippen LogP contribution in [0.15, 0.2) is 0 Å². The molecule has 1 radical (unpaired) electrons. The molecule has 35 valence electrons. The summed E-state index contributed by atoms with van der Waals surface area (Å²) in [5.74, 6) is 0.648. The average Bonchev–Trinajstić information content (AvgIpc) is 2.21. The Morgan fingerprint density at radius 2 is 2.50 bits per heavy atom. The molecule has 0 aromatic heterocycles. The number of rotatable bonds is 2. The lowest BCUT2D eigenvalue weighted by Crippen LogP contribution is -1.74. The van der Waals surface area contributed by atoms with E-state index in [9.17, 15) is 4.39 Å². The minimum atomic E-state index is -0.138. The summed E-state index contributed by atoms with van der Waals surface area (Å²) in [6, 6.07) is 0. The van der Waals surface area contributed by atoms with Gasteiger partial charge >= 0.3 is 0 Å². The zero-order valence-electron chi connectivity index (χ0n) is 3.65. The SMILES string of the molecule is FCCC1[CH]C1. The van der Waals surface area contributed by atoms with Gasteiger partial charge in [-0.15, -0.1) is 0 Å². The number of hydrogen-bond donors (Lipinski definition) is 0. The molecular formula is C5H8F. The second kappa shape index (κ2) is 1.59. The smallest absolute Gasteiger partial charge is 0.0897 e. The third kappa shape index (κ3) is 0.959. The van der Waals surface area contributed by atoms with Crippen molar-refractivity contribution >= 4 is 0 Å². The quantitative estimate of drug-likeness (QED) is 0.479. The van der Waals surface area contributed by atoms with Crippen molar-refractivity contribution in [3.8, 4) is 0 Å². The van der Waals surface area contributed by atoms with Crippen LogP contribution in [-0.2, 0) is 0 Å². The van der Waals surface area contributed by atoms with E-state index in [0.717, 1.165) is 12.8 Å². The largest absolute Gasteiger partial charge is 0.251 e. The number of alkyl halides is 1. The molecule has 0 nitrogen and oxygen atoms in total. The van der Waals surface area contributed by atoms with Crippen LogP contribution in [0.25, 0.3) is 0 Å². The molecule has 0 aromatic rings. The molecule has 1 aliphatic carbocycles. The highest BCUT2D eigenvalue weighted by atomic mass is 19.1. The van der Waals surface area contributed by atoms with Crippen molar-refractivity contribution in [3.63, 3.8) is 0 Å². The lowest BCUT2D eigenvalue weighted by Gasteiger charge is -1.80. The van der Waals surface area contributed by atoms with Crippen LogP contribution in [0.1, 0.15) is 12.8 Å². The van der Waals surface area contributed by atoms with Gasteiger partial charge in [0.2, 0.25) is 0 Å². The van der Waals surface area contributed by atoms with Crippen molar-refractivity contribution in [1.29, 1.82) is 0 Å². The van der Waals surface area contributed by atoms with E-state index in [1.165, 1.54) is 0 Å². The maximum atomic E-state index is 11.3. The standard InChI is InChI=1S/C5H8F/c6-4-3-5-1-2-5/h1,5H,2-4H2. The van der Waals surface area contributed by atoms with Crippen LogP contribution in [0.3, 0.4) is 0 Å². The summed E-state index contributed by atoms with van der Waals surface area (Å²) in [6.45, 7) is -0.138. The van der Waals surface area contributed by atoms with E-state index in [1.54, 1.807) is 0 Å². The van der Waals surface area contributed by atoms with Gasteiger partial charge < -0.3 is 0 Å². The van der Waals surface area contributed by atoms with Crippen LogP contribution < -0.4 is 0 Å². The Kier molecular flexibility index (Phi) is 1.08. The van der Waals surface area contributed by atoms with Gasteiger partial charge in [0.25, 0.3) is 0 Å². The number of hydrogen-bond acceptors (Lipinski definition) is 0. The Bertz CT molecular complexity index is 39.2. The molecule has 1 atom stereocenters. The van der Waals surface area contributed by atoms with E-state index in [2.05, 4.69) is 6.42 Å². The Balaban J connectivity index is 1.88. The molecule has 1 unspecified atom stereocenters. The van der Waals surface area contributed by atoms with Crippen LogP contribution in [0.2, 0.25) is 0 Å². The lowest BCUT2D eigenvalue weighted by molar-refractivity contribution is 0.458. The zero-order valence-corrected chi connectivity index (χ0v) is 3.65. The lowest BCUT2D eigenvalue weighted by atomic mass is 10.3. The third-order valence-corrected chi connectivity index (χ3v) is 1.05. The molecule has 0 N–H and O–H groups in total. The van der Waals surface area contributed by atoms with E-state index in [4.69, 9.17) is 0 Å². The van der Waals surface area contributed by atoms with Gasteiger partial charge in [0.05, 0.1) is 6.67 Å². The Labute approximate surface area is 37.4 Å². The fourth-order valence-electron chi connectivity index (χ4n) is 0.472. The summed E-state index contributed by atoms with van der Waals surface area (Å²) >= 11 is 0. The molecule has 0 saturated heterocycles. The van der Waals surface area contributed by atoms with Crippen LogP contribution in [0.5, 0.6) is 0 Å². The molecule has 1 rings (SSSR count). The first-order valence-electron chi connectivity index (χ1n) is 2.33. The molecule has 6 heavy (non-hydrogen) atoms. The van der Waals surface area contributed by atoms with Crippen molar-refractivity contribution in [1.82, 2.24) is 0 Å². The third-order valence-electron chi connectivity index (χ3n) is 1.05. The second-order valence-corrected chi connectivity index (χ2v) is 1.71. The Hall–Kier alpha value is -0.0700. The van der Waals surface area contributed by atoms with Crippen LogP contribution >= 0.6 is 0 Å².